The van der Waals surface area contributed by atoms with Crippen molar-refractivity contribution in [3.63, 3.8) is 0 Å². The van der Waals surface area contributed by atoms with E-state index < -0.39 is 0 Å². The van der Waals surface area contributed by atoms with E-state index in [2.05, 4.69) is 13.8 Å². The lowest BCUT2D eigenvalue weighted by Crippen LogP contribution is -2.30. The maximum absolute atomic E-state index is 11.1. The maximum atomic E-state index is 11.1. The van der Waals surface area contributed by atoms with Gasteiger partial charge < -0.3 is 14.3 Å². The molecule has 1 aromatic rings. The number of benzene rings is 1. The summed E-state index contributed by atoms with van der Waals surface area (Å²) in [5.41, 5.74) is 0.965. The molecule has 0 radical (unpaired) electrons. The summed E-state index contributed by atoms with van der Waals surface area (Å²) < 4.78 is 11.4. The van der Waals surface area contributed by atoms with Crippen LogP contribution in [-0.2, 0) is 9.53 Å². The topological polar surface area (TPSA) is 35.5 Å². The van der Waals surface area contributed by atoms with Crippen molar-refractivity contribution < 1.29 is 14.3 Å². The summed E-state index contributed by atoms with van der Waals surface area (Å²) >= 11 is 0. The van der Waals surface area contributed by atoms with Gasteiger partial charge in [0.1, 0.15) is 12.0 Å². The third-order valence-electron chi connectivity index (χ3n) is 2.80. The second-order valence-electron chi connectivity index (χ2n) is 4.79. The lowest BCUT2D eigenvalue weighted by atomic mass is 9.94. The van der Waals surface area contributed by atoms with Gasteiger partial charge in [0.25, 0.3) is 0 Å². The molecule has 3 nitrogen and oxygen atoms in total. The van der Waals surface area contributed by atoms with Gasteiger partial charge in [-0.1, -0.05) is 32.0 Å². The van der Waals surface area contributed by atoms with Crippen molar-refractivity contribution in [2.45, 2.75) is 32.5 Å². The number of carbonyl (C=O) groups excluding carboxylic acids is 1. The molecule has 2 atom stereocenters. The Hall–Kier alpha value is -1.35. The number of fused-ring (bicyclic) bond motifs is 1. The molecule has 17 heavy (non-hydrogen) atoms. The van der Waals surface area contributed by atoms with Crippen LogP contribution in [-0.4, -0.2) is 19.2 Å². The quantitative estimate of drug-likeness (QED) is 0.751. The molecule has 0 fully saturated rings. The van der Waals surface area contributed by atoms with Crippen LogP contribution in [0.1, 0.15) is 31.7 Å². The minimum absolute atomic E-state index is 0.114. The van der Waals surface area contributed by atoms with E-state index in [1.807, 2.05) is 24.3 Å². The summed E-state index contributed by atoms with van der Waals surface area (Å²) in [6, 6.07) is 7.66. The average Bonchev–Trinajstić information content (AvgIpc) is 2.35. The van der Waals surface area contributed by atoms with E-state index in [0.29, 0.717) is 18.9 Å². The van der Waals surface area contributed by atoms with Crippen LogP contribution >= 0.6 is 0 Å². The highest BCUT2D eigenvalue weighted by Crippen LogP contribution is 2.35. The predicted octanol–water partition coefficient (Wildman–Crippen LogP) is 2.75. The SMILES string of the molecule is CC(C)COC1CC(C=O)c2ccccc2O1. The van der Waals surface area contributed by atoms with Crippen molar-refractivity contribution in [1.29, 1.82) is 0 Å². The predicted molar refractivity (Wildman–Crippen MR) is 65.1 cm³/mol. The van der Waals surface area contributed by atoms with Crippen molar-refractivity contribution in [2.75, 3.05) is 6.61 Å². The van der Waals surface area contributed by atoms with Gasteiger partial charge in [-0.2, -0.15) is 0 Å². The zero-order valence-electron chi connectivity index (χ0n) is 10.3. The molecule has 1 aliphatic rings. The van der Waals surface area contributed by atoms with Crippen molar-refractivity contribution in [3.8, 4) is 5.75 Å². The monoisotopic (exact) mass is 234 g/mol. The zero-order chi connectivity index (χ0) is 12.3. The summed E-state index contributed by atoms with van der Waals surface area (Å²) in [4.78, 5) is 11.1. The van der Waals surface area contributed by atoms with E-state index in [0.717, 1.165) is 17.6 Å². The first-order chi connectivity index (χ1) is 8.20. The molecule has 0 spiro atoms. The maximum Gasteiger partial charge on any atom is 0.200 e. The van der Waals surface area contributed by atoms with Crippen LogP contribution in [0, 0.1) is 5.92 Å². The van der Waals surface area contributed by atoms with Crippen LogP contribution in [0.4, 0.5) is 0 Å². The second-order valence-corrected chi connectivity index (χ2v) is 4.79. The minimum Gasteiger partial charge on any atom is -0.465 e. The van der Waals surface area contributed by atoms with Gasteiger partial charge in [0, 0.05) is 17.9 Å². The third kappa shape index (κ3) is 2.86. The molecular formula is C14H18O3. The van der Waals surface area contributed by atoms with E-state index in [1.54, 1.807) is 0 Å². The summed E-state index contributed by atoms with van der Waals surface area (Å²) in [5, 5.41) is 0. The number of para-hydroxylation sites is 1. The Kier molecular flexibility index (Phi) is 3.79. The molecule has 0 amide bonds. The van der Waals surface area contributed by atoms with Crippen LogP contribution in [0.5, 0.6) is 5.75 Å². The van der Waals surface area contributed by atoms with E-state index in [4.69, 9.17) is 9.47 Å². The van der Waals surface area contributed by atoms with Crippen LogP contribution < -0.4 is 4.74 Å². The van der Waals surface area contributed by atoms with Gasteiger partial charge in [0.2, 0.25) is 6.29 Å². The van der Waals surface area contributed by atoms with E-state index in [1.165, 1.54) is 0 Å². The number of hydrogen-bond donors (Lipinski definition) is 0. The van der Waals surface area contributed by atoms with Gasteiger partial charge in [-0.3, -0.25) is 0 Å². The molecule has 0 N–H and O–H groups in total. The molecule has 1 aromatic carbocycles. The van der Waals surface area contributed by atoms with Crippen LogP contribution in [0.15, 0.2) is 24.3 Å². The number of rotatable bonds is 4. The highest BCUT2D eigenvalue weighted by molar-refractivity contribution is 5.65. The number of aldehydes is 1. The zero-order valence-corrected chi connectivity index (χ0v) is 10.3. The highest BCUT2D eigenvalue weighted by atomic mass is 16.7. The van der Waals surface area contributed by atoms with Crippen LogP contribution in [0.2, 0.25) is 0 Å². The Morgan fingerprint density at radius 1 is 1.47 bits per heavy atom. The van der Waals surface area contributed by atoms with Crippen molar-refractivity contribution >= 4 is 6.29 Å². The molecule has 3 heteroatoms. The molecular weight excluding hydrogens is 216 g/mol. The molecule has 0 bridgehead atoms. The summed E-state index contributed by atoms with van der Waals surface area (Å²) in [5.74, 6) is 1.12. The second kappa shape index (κ2) is 5.32. The molecule has 0 aromatic heterocycles. The van der Waals surface area contributed by atoms with Gasteiger partial charge in [0.05, 0.1) is 6.61 Å². The molecule has 1 aliphatic heterocycles. The van der Waals surface area contributed by atoms with Gasteiger partial charge >= 0.3 is 0 Å². The fourth-order valence-corrected chi connectivity index (χ4v) is 1.95. The molecule has 1 heterocycles. The Morgan fingerprint density at radius 3 is 2.94 bits per heavy atom. The van der Waals surface area contributed by atoms with Crippen LogP contribution in [0.3, 0.4) is 0 Å². The molecule has 0 saturated carbocycles. The minimum atomic E-state index is -0.303. The van der Waals surface area contributed by atoms with Crippen molar-refractivity contribution in [2.24, 2.45) is 5.92 Å². The molecule has 2 unspecified atom stereocenters. The first-order valence-electron chi connectivity index (χ1n) is 6.03. The van der Waals surface area contributed by atoms with E-state index >= 15 is 0 Å². The van der Waals surface area contributed by atoms with Gasteiger partial charge in [-0.15, -0.1) is 0 Å². The largest absolute Gasteiger partial charge is 0.465 e. The lowest BCUT2D eigenvalue weighted by molar-refractivity contribution is -0.121. The van der Waals surface area contributed by atoms with Crippen LogP contribution in [0.25, 0.3) is 0 Å². The summed E-state index contributed by atoms with van der Waals surface area (Å²) in [6.07, 6.45) is 1.28. The van der Waals surface area contributed by atoms with Gasteiger partial charge in [-0.05, 0) is 12.0 Å². The molecule has 0 aliphatic carbocycles. The lowest BCUT2D eigenvalue weighted by Gasteiger charge is -2.29. The average molecular weight is 234 g/mol. The van der Waals surface area contributed by atoms with Crippen molar-refractivity contribution in [1.82, 2.24) is 0 Å². The smallest absolute Gasteiger partial charge is 0.200 e. The third-order valence-corrected chi connectivity index (χ3v) is 2.80. The van der Waals surface area contributed by atoms with Gasteiger partial charge in [0.15, 0.2) is 0 Å². The van der Waals surface area contributed by atoms with Gasteiger partial charge in [-0.25, -0.2) is 0 Å². The number of hydrogen-bond acceptors (Lipinski definition) is 3. The Labute approximate surface area is 102 Å². The highest BCUT2D eigenvalue weighted by Gasteiger charge is 2.28. The first-order valence-corrected chi connectivity index (χ1v) is 6.03. The Morgan fingerprint density at radius 2 is 2.24 bits per heavy atom. The molecule has 2 rings (SSSR count). The summed E-state index contributed by atoms with van der Waals surface area (Å²) in [7, 11) is 0. The van der Waals surface area contributed by atoms with Crippen molar-refractivity contribution in [3.05, 3.63) is 29.8 Å². The fraction of sp³-hybridized carbons (Fsp3) is 0.500. The summed E-state index contributed by atoms with van der Waals surface area (Å²) in [6.45, 7) is 4.83. The first kappa shape index (κ1) is 12.1. The molecule has 92 valence electrons. The van der Waals surface area contributed by atoms with E-state index in [-0.39, 0.29) is 12.2 Å². The number of ether oxygens (including phenoxy) is 2. The normalized spacial score (nSPS) is 23.0. The standard InChI is InChI=1S/C14H18O3/c1-10(2)9-16-14-7-11(8-15)12-5-3-4-6-13(12)17-14/h3-6,8,10-11,14H,7,9H2,1-2H3. The Balaban J connectivity index is 2.10. The Bertz CT molecular complexity index is 387. The molecule has 0 saturated heterocycles. The fourth-order valence-electron chi connectivity index (χ4n) is 1.95. The van der Waals surface area contributed by atoms with E-state index in [9.17, 15) is 4.79 Å². The number of carbonyl (C=O) groups is 1.